The molecule has 0 aliphatic heterocycles. The molecule has 6 heteroatoms. The van der Waals surface area contributed by atoms with Gasteiger partial charge in [0.25, 0.3) is 5.91 Å². The second kappa shape index (κ2) is 6.17. The van der Waals surface area contributed by atoms with Crippen LogP contribution in [0.3, 0.4) is 0 Å². The number of nitrogens with one attached hydrogen (secondary N) is 1. The van der Waals surface area contributed by atoms with Crippen molar-refractivity contribution in [1.82, 2.24) is 4.98 Å². The normalized spacial score (nSPS) is 10.5. The molecular formula is C15H12N2O2S2. The van der Waals surface area contributed by atoms with Crippen molar-refractivity contribution in [2.24, 2.45) is 0 Å². The van der Waals surface area contributed by atoms with Crippen LogP contribution in [0.4, 0.5) is 5.69 Å². The van der Waals surface area contributed by atoms with Gasteiger partial charge in [-0.2, -0.15) is 0 Å². The molecule has 2 heterocycles. The number of hydrogen-bond donors (Lipinski definition) is 2. The van der Waals surface area contributed by atoms with Crippen LogP contribution >= 0.6 is 22.7 Å². The molecule has 1 aromatic carbocycles. The van der Waals surface area contributed by atoms with E-state index in [4.69, 9.17) is 0 Å². The highest BCUT2D eigenvalue weighted by atomic mass is 32.1. The summed E-state index contributed by atoms with van der Waals surface area (Å²) in [6.07, 6.45) is 0. The van der Waals surface area contributed by atoms with Crippen LogP contribution in [0.15, 0.2) is 47.2 Å². The van der Waals surface area contributed by atoms with Gasteiger partial charge in [0.1, 0.15) is 10.7 Å². The average Bonchev–Trinajstić information content (AvgIpc) is 3.18. The highest BCUT2D eigenvalue weighted by Gasteiger charge is 2.13. The molecule has 106 valence electrons. The molecular weight excluding hydrogens is 304 g/mol. The molecule has 0 spiro atoms. The smallest absolute Gasteiger partial charge is 0.275 e. The Morgan fingerprint density at radius 2 is 2.05 bits per heavy atom. The molecule has 2 N–H and O–H groups in total. The van der Waals surface area contributed by atoms with E-state index in [-0.39, 0.29) is 12.5 Å². The zero-order chi connectivity index (χ0) is 14.7. The SMILES string of the molecule is O=C(Nc1ccccc1CO)c1csc(-c2cccs2)n1. The second-order valence-corrected chi connectivity index (χ2v) is 6.09. The van der Waals surface area contributed by atoms with Gasteiger partial charge in [0.05, 0.1) is 11.5 Å². The number of anilines is 1. The maximum atomic E-state index is 12.2. The van der Waals surface area contributed by atoms with Crippen LogP contribution in [-0.4, -0.2) is 16.0 Å². The second-order valence-electron chi connectivity index (χ2n) is 4.28. The molecule has 21 heavy (non-hydrogen) atoms. The van der Waals surface area contributed by atoms with Gasteiger partial charge in [-0.3, -0.25) is 4.79 Å². The summed E-state index contributed by atoms with van der Waals surface area (Å²) < 4.78 is 0. The number of amides is 1. The van der Waals surface area contributed by atoms with E-state index in [2.05, 4.69) is 10.3 Å². The molecule has 0 saturated carbocycles. The number of thiophene rings is 1. The Labute approximate surface area is 129 Å². The number of thiazole rings is 1. The Balaban J connectivity index is 1.80. The fourth-order valence-corrected chi connectivity index (χ4v) is 3.47. The van der Waals surface area contributed by atoms with E-state index in [1.54, 1.807) is 28.8 Å². The van der Waals surface area contributed by atoms with Crippen molar-refractivity contribution in [3.05, 3.63) is 58.4 Å². The third-order valence-electron chi connectivity index (χ3n) is 2.90. The molecule has 0 bridgehead atoms. The Bertz CT molecular complexity index is 751. The minimum Gasteiger partial charge on any atom is -0.392 e. The molecule has 0 saturated heterocycles. The van der Waals surface area contributed by atoms with Crippen molar-refractivity contribution in [2.45, 2.75) is 6.61 Å². The number of hydrogen-bond acceptors (Lipinski definition) is 5. The van der Waals surface area contributed by atoms with Crippen molar-refractivity contribution in [3.8, 4) is 9.88 Å². The van der Waals surface area contributed by atoms with Crippen molar-refractivity contribution >= 4 is 34.3 Å². The highest BCUT2D eigenvalue weighted by molar-refractivity contribution is 7.20. The molecule has 0 unspecified atom stereocenters. The van der Waals surface area contributed by atoms with Gasteiger partial charge in [-0.1, -0.05) is 24.3 Å². The van der Waals surface area contributed by atoms with Gasteiger partial charge in [0.15, 0.2) is 0 Å². The van der Waals surface area contributed by atoms with Crippen LogP contribution in [-0.2, 0) is 6.61 Å². The van der Waals surface area contributed by atoms with Gasteiger partial charge >= 0.3 is 0 Å². The summed E-state index contributed by atoms with van der Waals surface area (Å²) in [5.74, 6) is -0.269. The van der Waals surface area contributed by atoms with Gasteiger partial charge in [0, 0.05) is 16.6 Å². The Kier molecular flexibility index (Phi) is 4.10. The standard InChI is InChI=1S/C15H12N2O2S2/c18-8-10-4-1-2-5-11(10)16-14(19)12-9-21-15(17-12)13-6-3-7-20-13/h1-7,9,18H,8H2,(H,16,19). The number of para-hydroxylation sites is 1. The topological polar surface area (TPSA) is 62.2 Å². The van der Waals surface area contributed by atoms with Crippen LogP contribution in [0.2, 0.25) is 0 Å². The lowest BCUT2D eigenvalue weighted by molar-refractivity contribution is 0.102. The number of nitrogens with zero attached hydrogens (tertiary/aromatic N) is 1. The summed E-state index contributed by atoms with van der Waals surface area (Å²) >= 11 is 3.04. The van der Waals surface area contributed by atoms with Crippen LogP contribution in [0, 0.1) is 0 Å². The van der Waals surface area contributed by atoms with Gasteiger partial charge in [0.2, 0.25) is 0 Å². The molecule has 4 nitrogen and oxygen atoms in total. The van der Waals surface area contributed by atoms with Crippen LogP contribution < -0.4 is 5.32 Å². The summed E-state index contributed by atoms with van der Waals surface area (Å²) in [5.41, 5.74) is 1.67. The lowest BCUT2D eigenvalue weighted by atomic mass is 10.2. The molecule has 0 atom stereocenters. The first-order valence-corrected chi connectivity index (χ1v) is 8.03. The number of rotatable bonds is 4. The summed E-state index contributed by atoms with van der Waals surface area (Å²) in [6.45, 7) is -0.117. The first kappa shape index (κ1) is 13.9. The van der Waals surface area contributed by atoms with Crippen molar-refractivity contribution in [1.29, 1.82) is 0 Å². The predicted molar refractivity (Wildman–Crippen MR) is 85.7 cm³/mol. The van der Waals surface area contributed by atoms with E-state index in [1.807, 2.05) is 29.6 Å². The summed E-state index contributed by atoms with van der Waals surface area (Å²) in [4.78, 5) is 17.6. The summed E-state index contributed by atoms with van der Waals surface area (Å²) in [5, 5.41) is 16.6. The fourth-order valence-electron chi connectivity index (χ4n) is 1.86. The monoisotopic (exact) mass is 316 g/mol. The van der Waals surface area contributed by atoms with Gasteiger partial charge in [-0.25, -0.2) is 4.98 Å². The average molecular weight is 316 g/mol. The molecule has 0 radical (unpaired) electrons. The fraction of sp³-hybridized carbons (Fsp3) is 0.0667. The quantitative estimate of drug-likeness (QED) is 0.773. The first-order valence-electron chi connectivity index (χ1n) is 6.27. The third kappa shape index (κ3) is 3.02. The van der Waals surface area contributed by atoms with Crippen molar-refractivity contribution in [3.63, 3.8) is 0 Å². The van der Waals surface area contributed by atoms with Crippen LogP contribution in [0.5, 0.6) is 0 Å². The maximum absolute atomic E-state index is 12.2. The minimum atomic E-state index is -0.269. The maximum Gasteiger partial charge on any atom is 0.275 e. The van der Waals surface area contributed by atoms with Gasteiger partial charge < -0.3 is 10.4 Å². The van der Waals surface area contributed by atoms with E-state index in [0.29, 0.717) is 16.9 Å². The zero-order valence-electron chi connectivity index (χ0n) is 10.9. The van der Waals surface area contributed by atoms with E-state index in [0.717, 1.165) is 9.88 Å². The molecule has 1 amide bonds. The number of aromatic nitrogens is 1. The zero-order valence-corrected chi connectivity index (χ0v) is 12.6. The minimum absolute atomic E-state index is 0.117. The number of carbonyl (C=O) groups excluding carboxylic acids is 1. The predicted octanol–water partition coefficient (Wildman–Crippen LogP) is 3.62. The molecule has 0 fully saturated rings. The largest absolute Gasteiger partial charge is 0.392 e. The van der Waals surface area contributed by atoms with Crippen LogP contribution in [0.1, 0.15) is 16.1 Å². The molecule has 2 aromatic heterocycles. The van der Waals surface area contributed by atoms with Crippen molar-refractivity contribution in [2.75, 3.05) is 5.32 Å². The molecule has 0 aliphatic carbocycles. The third-order valence-corrected chi connectivity index (χ3v) is 4.79. The van der Waals surface area contributed by atoms with Crippen LogP contribution in [0.25, 0.3) is 9.88 Å². The number of aliphatic hydroxyl groups is 1. The van der Waals surface area contributed by atoms with Gasteiger partial charge in [-0.15, -0.1) is 22.7 Å². The Hall–Kier alpha value is -2.02. The lowest BCUT2D eigenvalue weighted by Crippen LogP contribution is -2.13. The van der Waals surface area contributed by atoms with Crippen molar-refractivity contribution < 1.29 is 9.90 Å². The van der Waals surface area contributed by atoms with E-state index in [1.165, 1.54) is 11.3 Å². The number of carbonyl (C=O) groups is 1. The Morgan fingerprint density at radius 1 is 1.19 bits per heavy atom. The molecule has 3 rings (SSSR count). The first-order chi connectivity index (χ1) is 10.3. The van der Waals surface area contributed by atoms with E-state index < -0.39 is 0 Å². The summed E-state index contributed by atoms with van der Waals surface area (Å²) in [6, 6.07) is 11.1. The van der Waals surface area contributed by atoms with E-state index >= 15 is 0 Å². The number of benzene rings is 1. The Morgan fingerprint density at radius 3 is 2.81 bits per heavy atom. The number of aliphatic hydroxyl groups excluding tert-OH is 1. The molecule has 3 aromatic rings. The molecule has 0 aliphatic rings. The van der Waals surface area contributed by atoms with Gasteiger partial charge in [-0.05, 0) is 17.5 Å². The van der Waals surface area contributed by atoms with E-state index in [9.17, 15) is 9.90 Å². The summed E-state index contributed by atoms with van der Waals surface area (Å²) in [7, 11) is 0. The highest BCUT2D eigenvalue weighted by Crippen LogP contribution is 2.28. The lowest BCUT2D eigenvalue weighted by Gasteiger charge is -2.07.